The van der Waals surface area contributed by atoms with E-state index in [0.29, 0.717) is 6.42 Å². The molecule has 0 unspecified atom stereocenters. The molecule has 1 saturated heterocycles. The van der Waals surface area contributed by atoms with E-state index < -0.39 is 0 Å². The van der Waals surface area contributed by atoms with Crippen LogP contribution in [0.5, 0.6) is 0 Å². The monoisotopic (exact) mass is 223 g/mol. The second kappa shape index (κ2) is 8.55. The van der Waals surface area contributed by atoms with Crippen LogP contribution in [0.4, 0.5) is 0 Å². The fourth-order valence-corrected chi connectivity index (χ4v) is 2.27. The van der Waals surface area contributed by atoms with Crippen LogP contribution < -0.4 is 5.32 Å². The molecule has 1 rings (SSSR count). The summed E-state index contributed by atoms with van der Waals surface area (Å²) in [6.45, 7) is 8.25. The smallest absolute Gasteiger partial charge is 0.0621 e. The molecule has 0 aromatic rings. The molecule has 1 N–H and O–H groups in total. The summed E-state index contributed by atoms with van der Waals surface area (Å²) in [4.78, 5) is 2.53. The van der Waals surface area contributed by atoms with Crippen LogP contribution in [-0.4, -0.2) is 37.6 Å². The molecule has 1 aliphatic rings. The zero-order chi connectivity index (χ0) is 11.6. The highest BCUT2D eigenvalue weighted by atomic mass is 15.1. The number of rotatable bonds is 7. The Bertz CT molecular complexity index is 202. The van der Waals surface area contributed by atoms with Gasteiger partial charge in [-0.15, -0.1) is 0 Å². The Balaban J connectivity index is 1.92. The van der Waals surface area contributed by atoms with Crippen LogP contribution in [0.25, 0.3) is 0 Å². The van der Waals surface area contributed by atoms with Crippen molar-refractivity contribution in [2.24, 2.45) is 5.92 Å². The Kier molecular flexibility index (Phi) is 7.20. The van der Waals surface area contributed by atoms with E-state index in [0.717, 1.165) is 25.3 Å². The van der Waals surface area contributed by atoms with Crippen LogP contribution in [0, 0.1) is 17.2 Å². The summed E-state index contributed by atoms with van der Waals surface area (Å²) in [5.74, 6) is 0.874. The van der Waals surface area contributed by atoms with Crippen molar-refractivity contribution in [1.82, 2.24) is 10.2 Å². The first-order valence-electron chi connectivity index (χ1n) is 6.66. The van der Waals surface area contributed by atoms with E-state index in [1.807, 2.05) is 0 Å². The van der Waals surface area contributed by atoms with E-state index in [9.17, 15) is 0 Å². The number of nitrogens with zero attached hydrogens (tertiary/aromatic N) is 2. The van der Waals surface area contributed by atoms with Gasteiger partial charge < -0.3 is 10.2 Å². The molecule has 0 aromatic heterocycles. The molecular weight excluding hydrogens is 198 g/mol. The van der Waals surface area contributed by atoms with Gasteiger partial charge in [-0.05, 0) is 64.3 Å². The maximum Gasteiger partial charge on any atom is 0.0621 e. The first-order valence-corrected chi connectivity index (χ1v) is 6.66. The third kappa shape index (κ3) is 5.48. The first kappa shape index (κ1) is 13.5. The Morgan fingerprint density at radius 3 is 2.69 bits per heavy atom. The van der Waals surface area contributed by atoms with E-state index in [1.165, 1.54) is 39.0 Å². The van der Waals surface area contributed by atoms with Crippen molar-refractivity contribution in [2.75, 3.05) is 32.7 Å². The fraction of sp³-hybridized carbons (Fsp3) is 0.923. The van der Waals surface area contributed by atoms with Gasteiger partial charge in [0.1, 0.15) is 0 Å². The molecule has 0 aromatic carbocycles. The van der Waals surface area contributed by atoms with Gasteiger partial charge in [-0.2, -0.15) is 5.26 Å². The van der Waals surface area contributed by atoms with E-state index in [-0.39, 0.29) is 0 Å². The second-order valence-electron chi connectivity index (χ2n) is 4.70. The van der Waals surface area contributed by atoms with Gasteiger partial charge in [-0.1, -0.05) is 6.92 Å². The minimum atomic E-state index is 0.705. The molecule has 0 bridgehead atoms. The number of piperidine rings is 1. The number of likely N-dealkylation sites (tertiary alicyclic amines) is 1. The maximum atomic E-state index is 8.40. The standard InChI is InChI=1S/C13H25N3/c1-2-16-10-6-13(7-11-16)12-15-9-5-3-4-8-14/h13,15H,2-7,9-12H2,1H3. The van der Waals surface area contributed by atoms with Gasteiger partial charge in [-0.3, -0.25) is 0 Å². The molecule has 0 atom stereocenters. The van der Waals surface area contributed by atoms with Gasteiger partial charge in [0.25, 0.3) is 0 Å². The number of hydrogen-bond acceptors (Lipinski definition) is 3. The van der Waals surface area contributed by atoms with Crippen molar-refractivity contribution in [3.63, 3.8) is 0 Å². The van der Waals surface area contributed by atoms with E-state index >= 15 is 0 Å². The second-order valence-corrected chi connectivity index (χ2v) is 4.70. The summed E-state index contributed by atoms with van der Waals surface area (Å²) in [6, 6.07) is 2.19. The van der Waals surface area contributed by atoms with E-state index in [2.05, 4.69) is 23.2 Å². The van der Waals surface area contributed by atoms with Crippen molar-refractivity contribution in [2.45, 2.75) is 39.0 Å². The summed E-state index contributed by atoms with van der Waals surface area (Å²) < 4.78 is 0. The van der Waals surface area contributed by atoms with Crippen molar-refractivity contribution < 1.29 is 0 Å². The number of hydrogen-bond donors (Lipinski definition) is 1. The third-order valence-electron chi connectivity index (χ3n) is 3.48. The zero-order valence-electron chi connectivity index (χ0n) is 10.5. The predicted molar refractivity (Wildman–Crippen MR) is 67.2 cm³/mol. The molecule has 0 amide bonds. The molecule has 92 valence electrons. The van der Waals surface area contributed by atoms with Crippen molar-refractivity contribution in [1.29, 1.82) is 5.26 Å². The van der Waals surface area contributed by atoms with Crippen molar-refractivity contribution in [3.8, 4) is 6.07 Å². The topological polar surface area (TPSA) is 39.1 Å². The van der Waals surface area contributed by atoms with Crippen molar-refractivity contribution in [3.05, 3.63) is 0 Å². The normalized spacial score (nSPS) is 18.5. The van der Waals surface area contributed by atoms with Crippen LogP contribution >= 0.6 is 0 Å². The maximum absolute atomic E-state index is 8.40. The van der Waals surface area contributed by atoms with Crippen LogP contribution in [0.15, 0.2) is 0 Å². The number of unbranched alkanes of at least 4 members (excludes halogenated alkanes) is 2. The molecule has 0 radical (unpaired) electrons. The van der Waals surface area contributed by atoms with E-state index in [1.54, 1.807) is 0 Å². The van der Waals surface area contributed by atoms with Crippen LogP contribution in [-0.2, 0) is 0 Å². The number of nitrogens with one attached hydrogen (secondary N) is 1. The Labute approximate surface area is 99.8 Å². The van der Waals surface area contributed by atoms with Gasteiger partial charge in [0.15, 0.2) is 0 Å². The molecule has 3 heteroatoms. The molecule has 3 nitrogen and oxygen atoms in total. The molecule has 1 heterocycles. The van der Waals surface area contributed by atoms with Crippen LogP contribution in [0.3, 0.4) is 0 Å². The average Bonchev–Trinajstić information content (AvgIpc) is 2.34. The lowest BCUT2D eigenvalue weighted by atomic mass is 9.97. The Hall–Kier alpha value is -0.590. The first-order chi connectivity index (χ1) is 7.86. The highest BCUT2D eigenvalue weighted by molar-refractivity contribution is 4.73. The van der Waals surface area contributed by atoms with Gasteiger partial charge in [0, 0.05) is 6.42 Å². The minimum absolute atomic E-state index is 0.705. The molecule has 1 aliphatic heterocycles. The fourth-order valence-electron chi connectivity index (χ4n) is 2.27. The molecule has 0 spiro atoms. The summed E-state index contributed by atoms with van der Waals surface area (Å²) in [6.07, 6.45) is 5.58. The van der Waals surface area contributed by atoms with Gasteiger partial charge in [0.05, 0.1) is 6.07 Å². The zero-order valence-corrected chi connectivity index (χ0v) is 10.5. The average molecular weight is 223 g/mol. The summed E-state index contributed by atoms with van der Waals surface area (Å²) in [7, 11) is 0. The quantitative estimate of drug-likeness (QED) is 0.671. The molecule has 1 fully saturated rings. The lowest BCUT2D eigenvalue weighted by molar-refractivity contribution is 0.190. The molecule has 0 aliphatic carbocycles. The van der Waals surface area contributed by atoms with Gasteiger partial charge >= 0.3 is 0 Å². The van der Waals surface area contributed by atoms with Crippen LogP contribution in [0.1, 0.15) is 39.0 Å². The van der Waals surface area contributed by atoms with Crippen LogP contribution in [0.2, 0.25) is 0 Å². The highest BCUT2D eigenvalue weighted by Crippen LogP contribution is 2.15. The summed E-state index contributed by atoms with van der Waals surface area (Å²) in [5.41, 5.74) is 0. The molecule has 16 heavy (non-hydrogen) atoms. The third-order valence-corrected chi connectivity index (χ3v) is 3.48. The van der Waals surface area contributed by atoms with E-state index in [4.69, 9.17) is 5.26 Å². The molecule has 0 saturated carbocycles. The summed E-state index contributed by atoms with van der Waals surface area (Å²) in [5, 5.41) is 11.9. The Morgan fingerprint density at radius 2 is 2.06 bits per heavy atom. The highest BCUT2D eigenvalue weighted by Gasteiger charge is 2.16. The SMILES string of the molecule is CCN1CCC(CNCCCCC#N)CC1. The van der Waals surface area contributed by atoms with Gasteiger partial charge in [-0.25, -0.2) is 0 Å². The Morgan fingerprint density at radius 1 is 1.31 bits per heavy atom. The largest absolute Gasteiger partial charge is 0.316 e. The predicted octanol–water partition coefficient (Wildman–Crippen LogP) is 2.00. The lowest BCUT2D eigenvalue weighted by Crippen LogP contribution is -2.37. The van der Waals surface area contributed by atoms with Gasteiger partial charge in [0.2, 0.25) is 0 Å². The molecular formula is C13H25N3. The summed E-state index contributed by atoms with van der Waals surface area (Å²) >= 11 is 0. The minimum Gasteiger partial charge on any atom is -0.316 e. The van der Waals surface area contributed by atoms with Crippen molar-refractivity contribution >= 4 is 0 Å². The lowest BCUT2D eigenvalue weighted by Gasteiger charge is -2.31. The number of nitriles is 1.